The molecule has 3 nitrogen and oxygen atoms in total. The van der Waals surface area contributed by atoms with E-state index in [-0.39, 0.29) is 0 Å². The molecule has 1 N–H and O–H groups in total. The zero-order valence-electron chi connectivity index (χ0n) is 11.7. The molecule has 0 saturated heterocycles. The van der Waals surface area contributed by atoms with Gasteiger partial charge < -0.3 is 5.32 Å². The average molecular weight is 306 g/mol. The van der Waals surface area contributed by atoms with Gasteiger partial charge in [0.1, 0.15) is 0 Å². The molecule has 20 heavy (non-hydrogen) atoms. The van der Waals surface area contributed by atoms with Crippen LogP contribution in [0.4, 0.5) is 5.69 Å². The van der Waals surface area contributed by atoms with Crippen molar-refractivity contribution in [1.82, 2.24) is 9.38 Å². The van der Waals surface area contributed by atoms with Crippen LogP contribution in [0.2, 0.25) is 5.02 Å². The van der Waals surface area contributed by atoms with Crippen LogP contribution in [-0.4, -0.2) is 9.38 Å². The van der Waals surface area contributed by atoms with Gasteiger partial charge in [0.25, 0.3) is 0 Å². The summed E-state index contributed by atoms with van der Waals surface area (Å²) in [5.74, 6) is 0. The van der Waals surface area contributed by atoms with Crippen LogP contribution in [0.1, 0.15) is 21.8 Å². The van der Waals surface area contributed by atoms with Crippen molar-refractivity contribution in [2.24, 2.45) is 0 Å². The number of anilines is 1. The van der Waals surface area contributed by atoms with Gasteiger partial charge in [0.15, 0.2) is 4.96 Å². The number of thiazole rings is 1. The monoisotopic (exact) mass is 305 g/mol. The molecule has 0 aliphatic heterocycles. The molecule has 0 aliphatic carbocycles. The van der Waals surface area contributed by atoms with E-state index in [1.54, 1.807) is 11.3 Å². The van der Waals surface area contributed by atoms with Crippen LogP contribution in [0.15, 0.2) is 24.4 Å². The topological polar surface area (TPSA) is 29.3 Å². The lowest BCUT2D eigenvalue weighted by atomic mass is 10.2. The first-order valence-electron chi connectivity index (χ1n) is 6.48. The maximum Gasteiger partial charge on any atom is 0.194 e. The lowest BCUT2D eigenvalue weighted by molar-refractivity contribution is 0.991. The van der Waals surface area contributed by atoms with E-state index in [2.05, 4.69) is 33.9 Å². The van der Waals surface area contributed by atoms with Crippen LogP contribution in [0, 0.1) is 20.8 Å². The molecule has 5 heteroatoms. The van der Waals surface area contributed by atoms with Crippen LogP contribution in [0.25, 0.3) is 4.96 Å². The van der Waals surface area contributed by atoms with E-state index in [0.29, 0.717) is 6.54 Å². The Hall–Kier alpha value is -1.52. The smallest absolute Gasteiger partial charge is 0.194 e. The number of aromatic nitrogens is 2. The number of fused-ring (bicyclic) bond motifs is 1. The summed E-state index contributed by atoms with van der Waals surface area (Å²) in [4.78, 5) is 6.91. The van der Waals surface area contributed by atoms with Crippen molar-refractivity contribution < 1.29 is 0 Å². The van der Waals surface area contributed by atoms with E-state index < -0.39 is 0 Å². The molecule has 1 aromatic carbocycles. The van der Waals surface area contributed by atoms with Crippen molar-refractivity contribution in [1.29, 1.82) is 0 Å². The second-order valence-electron chi connectivity index (χ2n) is 4.98. The molecule has 2 heterocycles. The van der Waals surface area contributed by atoms with Gasteiger partial charge in [0, 0.05) is 11.1 Å². The zero-order chi connectivity index (χ0) is 14.3. The summed E-state index contributed by atoms with van der Waals surface area (Å²) >= 11 is 7.96. The number of nitrogens with zero attached hydrogens (tertiary/aromatic N) is 2. The molecule has 3 aromatic rings. The van der Waals surface area contributed by atoms with Crippen molar-refractivity contribution in [3.05, 3.63) is 51.2 Å². The Kier molecular flexibility index (Phi) is 3.44. The Morgan fingerprint density at radius 1 is 1.30 bits per heavy atom. The highest BCUT2D eigenvalue weighted by molar-refractivity contribution is 7.17. The fourth-order valence-corrected chi connectivity index (χ4v) is 3.46. The molecule has 0 bridgehead atoms. The second-order valence-corrected chi connectivity index (χ2v) is 6.60. The predicted octanol–water partition coefficient (Wildman–Crippen LogP) is 4.59. The minimum absolute atomic E-state index is 0.714. The Balaban J connectivity index is 1.87. The molecule has 2 aromatic heterocycles. The lowest BCUT2D eigenvalue weighted by Crippen LogP contribution is -2.04. The van der Waals surface area contributed by atoms with Gasteiger partial charge in [-0.1, -0.05) is 17.7 Å². The van der Waals surface area contributed by atoms with Gasteiger partial charge in [-0.05, 0) is 38.5 Å². The second kappa shape index (κ2) is 5.11. The van der Waals surface area contributed by atoms with E-state index in [0.717, 1.165) is 26.9 Å². The summed E-state index contributed by atoms with van der Waals surface area (Å²) < 4.78 is 2.16. The third-order valence-corrected chi connectivity index (χ3v) is 4.52. The van der Waals surface area contributed by atoms with Gasteiger partial charge >= 0.3 is 0 Å². The SMILES string of the molecule is Cc1ccc(NCc2c(C)nc3sc(C)cn23)c(Cl)c1. The maximum absolute atomic E-state index is 6.25. The van der Waals surface area contributed by atoms with Crippen LogP contribution < -0.4 is 5.32 Å². The lowest BCUT2D eigenvalue weighted by Gasteiger charge is -2.09. The zero-order valence-corrected chi connectivity index (χ0v) is 13.3. The first-order valence-corrected chi connectivity index (χ1v) is 7.68. The highest BCUT2D eigenvalue weighted by atomic mass is 35.5. The van der Waals surface area contributed by atoms with E-state index >= 15 is 0 Å². The van der Waals surface area contributed by atoms with Crippen LogP contribution in [-0.2, 0) is 6.54 Å². The molecule has 0 fully saturated rings. The third kappa shape index (κ3) is 2.41. The van der Waals surface area contributed by atoms with Crippen LogP contribution in [0.5, 0.6) is 0 Å². The van der Waals surface area contributed by atoms with Crippen LogP contribution >= 0.6 is 22.9 Å². The summed E-state index contributed by atoms with van der Waals surface area (Å²) in [6, 6.07) is 6.04. The first-order chi connectivity index (χ1) is 9.54. The summed E-state index contributed by atoms with van der Waals surface area (Å²) in [5.41, 5.74) is 4.36. The molecule has 3 rings (SSSR count). The largest absolute Gasteiger partial charge is 0.378 e. The van der Waals surface area contributed by atoms with Crippen molar-refractivity contribution in [2.75, 3.05) is 5.32 Å². The van der Waals surface area contributed by atoms with Crippen molar-refractivity contribution in [2.45, 2.75) is 27.3 Å². The molecular weight excluding hydrogens is 290 g/mol. The predicted molar refractivity (Wildman–Crippen MR) is 86.1 cm³/mol. The number of halogens is 1. The molecule has 0 spiro atoms. The number of hydrogen-bond donors (Lipinski definition) is 1. The molecule has 0 amide bonds. The van der Waals surface area contributed by atoms with E-state index in [1.807, 2.05) is 26.0 Å². The highest BCUT2D eigenvalue weighted by Crippen LogP contribution is 2.25. The van der Waals surface area contributed by atoms with E-state index in [9.17, 15) is 0 Å². The molecule has 104 valence electrons. The van der Waals surface area contributed by atoms with Gasteiger partial charge in [0.2, 0.25) is 0 Å². The molecule has 0 unspecified atom stereocenters. The number of nitrogens with one attached hydrogen (secondary N) is 1. The van der Waals surface area contributed by atoms with E-state index in [1.165, 1.54) is 10.6 Å². The normalized spacial score (nSPS) is 11.2. The number of imidazole rings is 1. The quantitative estimate of drug-likeness (QED) is 0.767. The van der Waals surface area contributed by atoms with Crippen molar-refractivity contribution >= 4 is 33.6 Å². The fraction of sp³-hybridized carbons (Fsp3) is 0.267. The Morgan fingerprint density at radius 2 is 2.10 bits per heavy atom. The maximum atomic E-state index is 6.25. The summed E-state index contributed by atoms with van der Waals surface area (Å²) in [5, 5.41) is 4.15. The first kappa shape index (κ1) is 13.5. The third-order valence-electron chi connectivity index (χ3n) is 3.31. The molecule has 0 aliphatic rings. The number of benzene rings is 1. The number of aryl methyl sites for hydroxylation is 3. The van der Waals surface area contributed by atoms with Gasteiger partial charge in [-0.25, -0.2) is 4.98 Å². The van der Waals surface area contributed by atoms with E-state index in [4.69, 9.17) is 11.6 Å². The fourth-order valence-electron chi connectivity index (χ4n) is 2.26. The van der Waals surface area contributed by atoms with Gasteiger partial charge in [-0.15, -0.1) is 11.3 Å². The minimum atomic E-state index is 0.714. The summed E-state index contributed by atoms with van der Waals surface area (Å²) in [6.45, 7) is 6.89. The minimum Gasteiger partial charge on any atom is -0.378 e. The van der Waals surface area contributed by atoms with Gasteiger partial charge in [-0.2, -0.15) is 0 Å². The number of rotatable bonds is 3. The van der Waals surface area contributed by atoms with Crippen molar-refractivity contribution in [3.63, 3.8) is 0 Å². The number of hydrogen-bond acceptors (Lipinski definition) is 3. The molecule has 0 atom stereocenters. The summed E-state index contributed by atoms with van der Waals surface area (Å²) in [7, 11) is 0. The Labute approximate surface area is 127 Å². The molecule has 0 radical (unpaired) electrons. The Bertz CT molecular complexity index is 773. The Morgan fingerprint density at radius 3 is 2.85 bits per heavy atom. The highest BCUT2D eigenvalue weighted by Gasteiger charge is 2.11. The standard InChI is InChI=1S/C15H16ClN3S/c1-9-4-5-13(12(16)6-9)17-7-14-11(3)18-15-19(14)8-10(2)20-15/h4-6,8,17H,7H2,1-3H3. The van der Waals surface area contributed by atoms with Crippen molar-refractivity contribution in [3.8, 4) is 0 Å². The van der Waals surface area contributed by atoms with Gasteiger partial charge in [0.05, 0.1) is 28.6 Å². The molecular formula is C15H16ClN3S. The van der Waals surface area contributed by atoms with Crippen LogP contribution in [0.3, 0.4) is 0 Å². The molecule has 0 saturated carbocycles. The average Bonchev–Trinajstić information content (AvgIpc) is 2.84. The van der Waals surface area contributed by atoms with Gasteiger partial charge in [-0.3, -0.25) is 4.40 Å². The summed E-state index contributed by atoms with van der Waals surface area (Å²) in [6.07, 6.45) is 2.13.